The predicted octanol–water partition coefficient (Wildman–Crippen LogP) is 1.35. The molecule has 0 aromatic carbocycles. The monoisotopic (exact) mass is 168 g/mol. The average Bonchev–Trinajstić information content (AvgIpc) is 2.04. The second kappa shape index (κ2) is 4.79. The maximum atomic E-state index is 10.6. The Labute approximate surface area is 67.6 Å². The van der Waals surface area contributed by atoms with E-state index in [4.69, 9.17) is 0 Å². The molecule has 0 spiro atoms. The molecule has 0 heterocycles. The Bertz CT molecular complexity index is 155. The van der Waals surface area contributed by atoms with Gasteiger partial charge < -0.3 is 9.59 Å². The molecule has 0 aliphatic rings. The van der Waals surface area contributed by atoms with Gasteiger partial charge in [0.15, 0.2) is 0 Å². The molecular formula is C8H12O2Si. The van der Waals surface area contributed by atoms with Crippen LogP contribution in [-0.4, -0.2) is 19.9 Å². The van der Waals surface area contributed by atoms with Crippen molar-refractivity contribution in [2.45, 2.75) is 12.1 Å². The van der Waals surface area contributed by atoms with E-state index >= 15 is 0 Å². The third-order valence-electron chi connectivity index (χ3n) is 1.52. The van der Waals surface area contributed by atoms with Crippen LogP contribution >= 0.6 is 0 Å². The fourth-order valence-corrected chi connectivity index (χ4v) is 2.52. The lowest BCUT2D eigenvalue weighted by atomic mass is 10.7. The molecule has 0 N–H and O–H groups in total. The first kappa shape index (κ1) is 10.0. The van der Waals surface area contributed by atoms with Gasteiger partial charge in [0.2, 0.25) is 8.07 Å². The van der Waals surface area contributed by atoms with Crippen LogP contribution in [0.2, 0.25) is 12.1 Å². The van der Waals surface area contributed by atoms with Crippen LogP contribution in [0.15, 0.2) is 25.3 Å². The fourth-order valence-electron chi connectivity index (χ4n) is 0.841. The Morgan fingerprint density at radius 2 is 1.36 bits per heavy atom. The summed E-state index contributed by atoms with van der Waals surface area (Å²) in [5, 5.41) is 0. The van der Waals surface area contributed by atoms with Crippen molar-refractivity contribution in [1.29, 1.82) is 0 Å². The highest BCUT2D eigenvalue weighted by molar-refractivity contribution is 7.18. The van der Waals surface area contributed by atoms with Gasteiger partial charge in [0.05, 0.1) is 0 Å². The van der Waals surface area contributed by atoms with Crippen LogP contribution in [0.5, 0.6) is 0 Å². The molecule has 0 amide bonds. The van der Waals surface area contributed by atoms with Crippen molar-refractivity contribution >= 4 is 19.9 Å². The zero-order valence-electron chi connectivity index (χ0n) is 6.45. The average molecular weight is 168 g/mol. The molecular weight excluding hydrogens is 156 g/mol. The fraction of sp³-hybridized carbons (Fsp3) is 0.250. The molecule has 0 unspecified atom stereocenters. The van der Waals surface area contributed by atoms with E-state index in [-0.39, 0.29) is 0 Å². The lowest BCUT2D eigenvalue weighted by Crippen LogP contribution is -2.37. The molecule has 0 aromatic heterocycles. The zero-order chi connectivity index (χ0) is 8.74. The molecule has 11 heavy (non-hydrogen) atoms. The van der Waals surface area contributed by atoms with Gasteiger partial charge >= 0.3 is 0 Å². The normalized spacial score (nSPS) is 10.2. The van der Waals surface area contributed by atoms with Crippen molar-refractivity contribution in [3.63, 3.8) is 0 Å². The van der Waals surface area contributed by atoms with Crippen LogP contribution in [0.25, 0.3) is 0 Å². The van der Waals surface area contributed by atoms with Crippen molar-refractivity contribution < 1.29 is 9.59 Å². The van der Waals surface area contributed by atoms with Crippen molar-refractivity contribution in [3.8, 4) is 0 Å². The van der Waals surface area contributed by atoms with Gasteiger partial charge in [0.25, 0.3) is 0 Å². The van der Waals surface area contributed by atoms with E-state index in [0.29, 0.717) is 12.1 Å². The number of carbonyl (C=O) groups excluding carboxylic acids is 2. The predicted molar refractivity (Wildman–Crippen MR) is 49.3 cm³/mol. The lowest BCUT2D eigenvalue weighted by molar-refractivity contribution is 0.561. The Balaban J connectivity index is 4.42. The maximum absolute atomic E-state index is 10.6. The largest absolute Gasteiger partial charge is 0.308 e. The van der Waals surface area contributed by atoms with Crippen LogP contribution in [-0.2, 0) is 9.59 Å². The summed E-state index contributed by atoms with van der Waals surface area (Å²) in [6, 6.07) is 1.04. The van der Waals surface area contributed by atoms with Crippen LogP contribution in [0, 0.1) is 0 Å². The Kier molecular flexibility index (Phi) is 4.37. The van der Waals surface area contributed by atoms with Crippen molar-refractivity contribution in [3.05, 3.63) is 25.3 Å². The second-order valence-electron chi connectivity index (χ2n) is 2.45. The Morgan fingerprint density at radius 1 is 1.00 bits per heavy atom. The van der Waals surface area contributed by atoms with Gasteiger partial charge in [-0.3, -0.25) is 0 Å². The third-order valence-corrected chi connectivity index (χ3v) is 4.55. The first-order valence-corrected chi connectivity index (χ1v) is 5.96. The summed E-state index contributed by atoms with van der Waals surface area (Å²) in [7, 11) is -2.34. The van der Waals surface area contributed by atoms with Crippen molar-refractivity contribution in [2.24, 2.45) is 0 Å². The highest BCUT2D eigenvalue weighted by atomic mass is 28.3. The zero-order valence-corrected chi connectivity index (χ0v) is 7.45. The number of rotatable bonds is 6. The second-order valence-corrected chi connectivity index (χ2v) is 6.21. The van der Waals surface area contributed by atoms with Crippen LogP contribution in [0.1, 0.15) is 0 Å². The molecule has 0 fully saturated rings. The van der Waals surface area contributed by atoms with Gasteiger partial charge in [-0.1, -0.05) is 12.2 Å². The summed E-state index contributed by atoms with van der Waals surface area (Å²) < 4.78 is 0. The summed E-state index contributed by atoms with van der Waals surface area (Å²) in [4.78, 5) is 21.1. The van der Waals surface area contributed by atoms with Crippen molar-refractivity contribution in [2.75, 3.05) is 0 Å². The van der Waals surface area contributed by atoms with Crippen LogP contribution in [0.3, 0.4) is 0 Å². The molecule has 0 rings (SSSR count). The smallest absolute Gasteiger partial charge is 0.207 e. The molecule has 0 atom stereocenters. The van der Waals surface area contributed by atoms with Gasteiger partial charge in [-0.2, -0.15) is 0 Å². The van der Waals surface area contributed by atoms with E-state index < -0.39 is 8.07 Å². The molecule has 3 heteroatoms. The summed E-state index contributed by atoms with van der Waals surface area (Å²) in [5.41, 5.74) is 0. The quantitative estimate of drug-likeness (QED) is 0.341. The first-order chi connectivity index (χ1) is 5.24. The summed E-state index contributed by atoms with van der Waals surface area (Å²) >= 11 is 0. The van der Waals surface area contributed by atoms with E-state index in [1.54, 1.807) is 12.2 Å². The number of hydrogen-bond acceptors (Lipinski definition) is 2. The first-order valence-electron chi connectivity index (χ1n) is 3.39. The van der Waals surface area contributed by atoms with E-state index in [1.807, 2.05) is 0 Å². The topological polar surface area (TPSA) is 34.1 Å². The molecule has 0 aliphatic heterocycles. The number of carbonyl (C=O) groups is 2. The molecule has 0 aromatic rings. The maximum Gasteiger partial charge on any atom is 0.207 e. The highest BCUT2D eigenvalue weighted by Crippen LogP contribution is 2.10. The third kappa shape index (κ3) is 2.63. The van der Waals surface area contributed by atoms with E-state index in [1.165, 1.54) is 0 Å². The summed E-state index contributed by atoms with van der Waals surface area (Å²) in [5.74, 6) is 1.59. The van der Waals surface area contributed by atoms with Crippen molar-refractivity contribution in [1.82, 2.24) is 0 Å². The molecule has 0 saturated carbocycles. The minimum atomic E-state index is -2.34. The lowest BCUT2D eigenvalue weighted by Gasteiger charge is -2.12. The van der Waals surface area contributed by atoms with Crippen LogP contribution in [0.4, 0.5) is 0 Å². The van der Waals surface area contributed by atoms with Crippen LogP contribution < -0.4 is 0 Å². The van der Waals surface area contributed by atoms with E-state index in [0.717, 1.165) is 11.8 Å². The minimum Gasteiger partial charge on any atom is -0.308 e. The molecule has 0 aliphatic carbocycles. The number of hydrogen-bond donors (Lipinski definition) is 0. The summed E-state index contributed by atoms with van der Waals surface area (Å²) in [6.45, 7) is 7.01. The van der Waals surface area contributed by atoms with E-state index in [2.05, 4.69) is 13.2 Å². The minimum absolute atomic E-state index is 0.520. The molecule has 0 bridgehead atoms. The highest BCUT2D eigenvalue weighted by Gasteiger charge is 2.29. The summed E-state index contributed by atoms with van der Waals surface area (Å²) in [6.07, 6.45) is 3.25. The van der Waals surface area contributed by atoms with Gasteiger partial charge in [-0.25, -0.2) is 0 Å². The van der Waals surface area contributed by atoms with Gasteiger partial charge in [-0.05, 0) is 12.1 Å². The molecule has 0 radical (unpaired) electrons. The van der Waals surface area contributed by atoms with E-state index in [9.17, 15) is 9.59 Å². The van der Waals surface area contributed by atoms with Gasteiger partial charge in [0, 0.05) is 0 Å². The molecule has 2 nitrogen and oxygen atoms in total. The Hall–Kier alpha value is -0.963. The number of allylic oxidation sites excluding steroid dienone is 2. The standard InChI is InChI=1S/C8H12O2Si/c1-3-5-11(7-9,8-10)6-4-2/h3-4,7-8H,1-2,5-6H2. The van der Waals surface area contributed by atoms with Gasteiger partial charge in [0.1, 0.15) is 11.8 Å². The molecule has 0 saturated heterocycles. The SMILES string of the molecule is C=CC[Si](C=O)(C=O)CC=C. The van der Waals surface area contributed by atoms with Gasteiger partial charge in [-0.15, -0.1) is 13.2 Å². The molecule has 60 valence electrons. The Morgan fingerprint density at radius 3 is 1.55 bits per heavy atom.